The number of aromatic nitrogens is 4. The van der Waals surface area contributed by atoms with Crippen molar-refractivity contribution in [2.24, 2.45) is 0 Å². The second-order valence-electron chi connectivity index (χ2n) is 6.64. The molecule has 1 aliphatic heterocycles. The van der Waals surface area contributed by atoms with Crippen LogP contribution in [0.4, 0.5) is 0 Å². The molecular formula is C17H26N6OS. The quantitative estimate of drug-likeness (QED) is 0.814. The van der Waals surface area contributed by atoms with Crippen LogP contribution in [0.25, 0.3) is 0 Å². The van der Waals surface area contributed by atoms with Crippen LogP contribution in [0.5, 0.6) is 0 Å². The second kappa shape index (κ2) is 8.53. The van der Waals surface area contributed by atoms with Crippen molar-refractivity contribution in [3.63, 3.8) is 0 Å². The number of amides is 1. The Labute approximate surface area is 152 Å². The lowest BCUT2D eigenvalue weighted by Gasteiger charge is -2.23. The minimum Gasteiger partial charge on any atom is -0.340 e. The Balaban J connectivity index is 1.48. The molecule has 0 aliphatic carbocycles. The number of nitrogens with zero attached hydrogens (tertiary/aromatic N) is 5. The van der Waals surface area contributed by atoms with Crippen LogP contribution in [0.2, 0.25) is 0 Å². The molecule has 1 N–H and O–H groups in total. The van der Waals surface area contributed by atoms with Gasteiger partial charge in [0.15, 0.2) is 5.69 Å². The van der Waals surface area contributed by atoms with Gasteiger partial charge in [0.25, 0.3) is 5.91 Å². The van der Waals surface area contributed by atoms with E-state index in [9.17, 15) is 4.79 Å². The van der Waals surface area contributed by atoms with Gasteiger partial charge in [-0.25, -0.2) is 4.98 Å². The summed E-state index contributed by atoms with van der Waals surface area (Å²) in [5.74, 6) is -0.0794. The van der Waals surface area contributed by atoms with E-state index in [0.29, 0.717) is 18.3 Å². The normalized spacial score (nSPS) is 17.6. The standard InChI is InChI=1S/C17H26N6OS/c1-13-16(25-12-19-13)7-9-22(2)17(24)15-11-23(21-20-15)10-6-14-5-3-4-8-18-14/h11-12,14,18H,3-10H2,1-2H3/t14-/m1/s1. The van der Waals surface area contributed by atoms with Crippen molar-refractivity contribution >= 4 is 17.2 Å². The molecule has 0 bridgehead atoms. The molecule has 2 aromatic heterocycles. The zero-order valence-corrected chi connectivity index (χ0v) is 15.8. The maximum atomic E-state index is 12.5. The molecule has 0 aromatic carbocycles. The summed E-state index contributed by atoms with van der Waals surface area (Å²) < 4.78 is 1.78. The first kappa shape index (κ1) is 18.0. The fourth-order valence-electron chi connectivity index (χ4n) is 3.10. The van der Waals surface area contributed by atoms with E-state index in [0.717, 1.165) is 31.6 Å². The summed E-state index contributed by atoms with van der Waals surface area (Å²) in [6, 6.07) is 0.558. The smallest absolute Gasteiger partial charge is 0.275 e. The predicted octanol–water partition coefficient (Wildman–Crippen LogP) is 1.89. The lowest BCUT2D eigenvalue weighted by Crippen LogP contribution is -2.34. The van der Waals surface area contributed by atoms with E-state index < -0.39 is 0 Å². The zero-order valence-electron chi connectivity index (χ0n) is 14.9. The Hall–Kier alpha value is -1.80. The molecule has 0 saturated carbocycles. The Morgan fingerprint density at radius 1 is 1.48 bits per heavy atom. The zero-order chi connectivity index (χ0) is 17.6. The van der Waals surface area contributed by atoms with Gasteiger partial charge in [-0.15, -0.1) is 16.4 Å². The fraction of sp³-hybridized carbons (Fsp3) is 0.647. The largest absolute Gasteiger partial charge is 0.340 e. The van der Waals surface area contributed by atoms with Gasteiger partial charge in [0.1, 0.15) is 0 Å². The van der Waals surface area contributed by atoms with Gasteiger partial charge < -0.3 is 10.2 Å². The first-order valence-corrected chi connectivity index (χ1v) is 9.79. The maximum absolute atomic E-state index is 12.5. The van der Waals surface area contributed by atoms with Gasteiger partial charge >= 0.3 is 0 Å². The third-order valence-electron chi connectivity index (χ3n) is 4.74. The number of thiazole rings is 1. The molecule has 0 spiro atoms. The van der Waals surface area contributed by atoms with Crippen molar-refractivity contribution in [1.82, 2.24) is 30.2 Å². The summed E-state index contributed by atoms with van der Waals surface area (Å²) in [5, 5.41) is 11.7. The number of aryl methyl sites for hydroxylation is 2. The summed E-state index contributed by atoms with van der Waals surface area (Å²) in [6.07, 6.45) is 7.40. The Morgan fingerprint density at radius 3 is 3.08 bits per heavy atom. The third-order valence-corrected chi connectivity index (χ3v) is 5.74. The van der Waals surface area contributed by atoms with Crippen LogP contribution >= 0.6 is 11.3 Å². The van der Waals surface area contributed by atoms with Gasteiger partial charge in [0.2, 0.25) is 0 Å². The number of rotatable bonds is 7. The monoisotopic (exact) mass is 362 g/mol. The highest BCUT2D eigenvalue weighted by Crippen LogP contribution is 2.14. The summed E-state index contributed by atoms with van der Waals surface area (Å²) >= 11 is 1.64. The molecule has 1 saturated heterocycles. The number of hydrogen-bond acceptors (Lipinski definition) is 6. The molecule has 1 aliphatic rings. The number of carbonyl (C=O) groups excluding carboxylic acids is 1. The molecule has 8 heteroatoms. The fourth-order valence-corrected chi connectivity index (χ4v) is 3.87. The van der Waals surface area contributed by atoms with Crippen molar-refractivity contribution < 1.29 is 4.79 Å². The topological polar surface area (TPSA) is 75.9 Å². The molecule has 3 rings (SSSR count). The molecule has 25 heavy (non-hydrogen) atoms. The number of nitrogens with one attached hydrogen (secondary N) is 1. The minimum absolute atomic E-state index is 0.0794. The van der Waals surface area contributed by atoms with Crippen LogP contribution in [0.15, 0.2) is 11.7 Å². The van der Waals surface area contributed by atoms with Gasteiger partial charge in [0.05, 0.1) is 17.4 Å². The van der Waals surface area contributed by atoms with Crippen LogP contribution in [-0.2, 0) is 13.0 Å². The molecule has 7 nitrogen and oxygen atoms in total. The van der Waals surface area contributed by atoms with Gasteiger partial charge in [-0.2, -0.15) is 0 Å². The summed E-state index contributed by atoms with van der Waals surface area (Å²) in [6.45, 7) is 4.55. The highest BCUT2D eigenvalue weighted by molar-refractivity contribution is 7.09. The van der Waals surface area contributed by atoms with Crippen LogP contribution in [0.3, 0.4) is 0 Å². The van der Waals surface area contributed by atoms with Crippen molar-refractivity contribution in [2.75, 3.05) is 20.1 Å². The van der Waals surface area contributed by atoms with Gasteiger partial charge in [0, 0.05) is 37.5 Å². The lowest BCUT2D eigenvalue weighted by molar-refractivity contribution is 0.0791. The Kier molecular flexibility index (Phi) is 6.14. The van der Waals surface area contributed by atoms with E-state index in [1.807, 2.05) is 19.5 Å². The van der Waals surface area contributed by atoms with Crippen LogP contribution < -0.4 is 5.32 Å². The maximum Gasteiger partial charge on any atom is 0.275 e. The minimum atomic E-state index is -0.0794. The molecule has 3 heterocycles. The first-order chi connectivity index (χ1) is 12.1. The average molecular weight is 363 g/mol. The van der Waals surface area contributed by atoms with E-state index in [-0.39, 0.29) is 5.91 Å². The lowest BCUT2D eigenvalue weighted by atomic mass is 10.0. The number of piperidine rings is 1. The van der Waals surface area contributed by atoms with Crippen LogP contribution in [0.1, 0.15) is 46.7 Å². The van der Waals surface area contributed by atoms with E-state index in [2.05, 4.69) is 20.6 Å². The molecule has 0 unspecified atom stereocenters. The SMILES string of the molecule is Cc1ncsc1CCN(C)C(=O)c1cn(CC[C@H]2CCCCN2)nn1. The summed E-state index contributed by atoms with van der Waals surface area (Å²) in [4.78, 5) is 19.7. The average Bonchev–Trinajstić information content (AvgIpc) is 3.27. The van der Waals surface area contributed by atoms with Crippen molar-refractivity contribution in [3.05, 3.63) is 28.0 Å². The molecule has 1 fully saturated rings. The molecule has 1 amide bonds. The second-order valence-corrected chi connectivity index (χ2v) is 7.58. The first-order valence-electron chi connectivity index (χ1n) is 8.91. The third kappa shape index (κ3) is 4.85. The van der Waals surface area contributed by atoms with Gasteiger partial charge in [-0.05, 0) is 32.7 Å². The molecular weight excluding hydrogens is 336 g/mol. The van der Waals surface area contributed by atoms with Crippen molar-refractivity contribution in [3.8, 4) is 0 Å². The van der Waals surface area contributed by atoms with E-state index >= 15 is 0 Å². The van der Waals surface area contributed by atoms with Crippen molar-refractivity contribution in [2.45, 2.75) is 51.6 Å². The summed E-state index contributed by atoms with van der Waals surface area (Å²) in [7, 11) is 1.81. The molecule has 2 aromatic rings. The molecule has 136 valence electrons. The number of hydrogen-bond donors (Lipinski definition) is 1. The Morgan fingerprint density at radius 2 is 2.36 bits per heavy atom. The van der Waals surface area contributed by atoms with Crippen LogP contribution in [-0.4, -0.2) is 57.0 Å². The predicted molar refractivity (Wildman–Crippen MR) is 97.8 cm³/mol. The molecule has 0 radical (unpaired) electrons. The van der Waals surface area contributed by atoms with E-state index in [1.165, 1.54) is 24.1 Å². The van der Waals surface area contributed by atoms with Gasteiger partial charge in [-0.3, -0.25) is 9.48 Å². The highest BCUT2D eigenvalue weighted by atomic mass is 32.1. The number of carbonyl (C=O) groups is 1. The van der Waals surface area contributed by atoms with E-state index in [4.69, 9.17) is 0 Å². The number of likely N-dealkylation sites (N-methyl/N-ethyl adjacent to an activating group) is 1. The summed E-state index contributed by atoms with van der Waals surface area (Å²) in [5.41, 5.74) is 3.31. The van der Waals surface area contributed by atoms with E-state index in [1.54, 1.807) is 27.1 Å². The van der Waals surface area contributed by atoms with Crippen molar-refractivity contribution in [1.29, 1.82) is 0 Å². The van der Waals surface area contributed by atoms with Crippen LogP contribution in [0, 0.1) is 6.92 Å². The Bertz CT molecular complexity index is 691. The highest BCUT2D eigenvalue weighted by Gasteiger charge is 2.17. The van der Waals surface area contributed by atoms with Gasteiger partial charge in [-0.1, -0.05) is 11.6 Å². The molecule has 1 atom stereocenters.